The Morgan fingerprint density at radius 1 is 1.24 bits per heavy atom. The largest absolute Gasteiger partial charge is 0.507 e. The van der Waals surface area contributed by atoms with E-state index in [0.717, 1.165) is 34.8 Å². The van der Waals surface area contributed by atoms with E-state index < -0.39 is 5.91 Å². The standard InChI is InChI=1S/C21H18ClN5O2/c1-13-19-16(27(26-13)18-8-4-5-11-23-18)10-9-14(20(19)22)12-24-25-21(29)15-6-2-3-7-17(15)28/h2-8,11-12,28H,9-10H2,1H3,(H,25,29)/b24-12+. The number of aromatic nitrogens is 3. The second-order valence-corrected chi connectivity index (χ2v) is 6.94. The van der Waals surface area contributed by atoms with E-state index in [0.29, 0.717) is 11.5 Å². The first-order chi connectivity index (χ1) is 14.1. The van der Waals surface area contributed by atoms with Gasteiger partial charge in [-0.05, 0) is 49.6 Å². The maximum Gasteiger partial charge on any atom is 0.275 e. The Hall–Kier alpha value is -3.45. The minimum absolute atomic E-state index is 0.0997. The summed E-state index contributed by atoms with van der Waals surface area (Å²) in [6, 6.07) is 12.0. The number of pyridine rings is 1. The highest BCUT2D eigenvalue weighted by molar-refractivity contribution is 6.51. The van der Waals surface area contributed by atoms with Crippen molar-refractivity contribution in [2.75, 3.05) is 0 Å². The second-order valence-electron chi connectivity index (χ2n) is 6.56. The molecule has 0 saturated heterocycles. The number of aromatic hydroxyl groups is 1. The quantitative estimate of drug-likeness (QED) is 0.510. The Bertz CT molecular complexity index is 1140. The number of nitrogens with one attached hydrogen (secondary N) is 1. The lowest BCUT2D eigenvalue weighted by Crippen LogP contribution is -2.18. The molecule has 0 unspecified atom stereocenters. The lowest BCUT2D eigenvalue weighted by molar-refractivity contribution is 0.0952. The van der Waals surface area contributed by atoms with Crippen molar-refractivity contribution >= 4 is 28.8 Å². The van der Waals surface area contributed by atoms with Crippen LogP contribution in [0.5, 0.6) is 5.75 Å². The fraction of sp³-hybridized carbons (Fsp3) is 0.143. The monoisotopic (exact) mass is 407 g/mol. The summed E-state index contributed by atoms with van der Waals surface area (Å²) in [5.41, 5.74) is 6.06. The average molecular weight is 408 g/mol. The van der Waals surface area contributed by atoms with Gasteiger partial charge >= 0.3 is 0 Å². The second kappa shape index (κ2) is 7.89. The molecule has 4 rings (SSSR count). The summed E-state index contributed by atoms with van der Waals surface area (Å²) in [4.78, 5) is 16.5. The molecule has 8 heteroatoms. The number of hydrazone groups is 1. The highest BCUT2D eigenvalue weighted by atomic mass is 35.5. The van der Waals surface area contributed by atoms with E-state index in [4.69, 9.17) is 11.6 Å². The maximum atomic E-state index is 12.1. The first-order valence-electron chi connectivity index (χ1n) is 9.06. The number of hydrogen-bond acceptors (Lipinski definition) is 5. The van der Waals surface area contributed by atoms with Gasteiger partial charge in [0.25, 0.3) is 5.91 Å². The predicted octanol–water partition coefficient (Wildman–Crippen LogP) is 3.59. The molecule has 0 radical (unpaired) electrons. The number of allylic oxidation sites excluding steroid dienone is 1. The first kappa shape index (κ1) is 18.9. The smallest absolute Gasteiger partial charge is 0.275 e. The molecule has 0 spiro atoms. The van der Waals surface area contributed by atoms with Crippen molar-refractivity contribution in [3.63, 3.8) is 0 Å². The van der Waals surface area contributed by atoms with Gasteiger partial charge < -0.3 is 5.11 Å². The molecule has 7 nitrogen and oxygen atoms in total. The van der Waals surface area contributed by atoms with Gasteiger partial charge in [0.05, 0.1) is 28.2 Å². The van der Waals surface area contributed by atoms with Crippen molar-refractivity contribution in [2.24, 2.45) is 5.10 Å². The van der Waals surface area contributed by atoms with Gasteiger partial charge in [0.1, 0.15) is 5.75 Å². The zero-order valence-electron chi connectivity index (χ0n) is 15.6. The van der Waals surface area contributed by atoms with Crippen LogP contribution < -0.4 is 5.43 Å². The number of amides is 1. The van der Waals surface area contributed by atoms with Gasteiger partial charge in [0, 0.05) is 11.8 Å². The summed E-state index contributed by atoms with van der Waals surface area (Å²) < 4.78 is 1.82. The fourth-order valence-corrected chi connectivity index (χ4v) is 3.69. The number of phenols is 1. The van der Waals surface area contributed by atoms with Crippen molar-refractivity contribution in [3.05, 3.63) is 76.7 Å². The SMILES string of the molecule is Cc1nn(-c2ccccn2)c2c1C(Cl)=C(/C=N/NC(=O)c1ccccc1O)CC2. The third-order valence-electron chi connectivity index (χ3n) is 4.69. The minimum Gasteiger partial charge on any atom is -0.507 e. The van der Waals surface area contributed by atoms with E-state index in [1.165, 1.54) is 12.1 Å². The van der Waals surface area contributed by atoms with Gasteiger partial charge in [-0.15, -0.1) is 0 Å². The molecule has 3 aromatic rings. The molecule has 2 N–H and O–H groups in total. The van der Waals surface area contributed by atoms with Crippen LogP contribution in [0.4, 0.5) is 0 Å². The van der Waals surface area contributed by atoms with Gasteiger partial charge in [0.2, 0.25) is 0 Å². The van der Waals surface area contributed by atoms with Crippen LogP contribution in [-0.4, -0.2) is 32.0 Å². The van der Waals surface area contributed by atoms with E-state index in [1.807, 2.05) is 29.8 Å². The molecular weight excluding hydrogens is 390 g/mol. The van der Waals surface area contributed by atoms with Crippen LogP contribution >= 0.6 is 11.6 Å². The number of nitrogens with zero attached hydrogens (tertiary/aromatic N) is 4. The van der Waals surface area contributed by atoms with Gasteiger partial charge in [0.15, 0.2) is 5.82 Å². The molecule has 0 saturated carbocycles. The van der Waals surface area contributed by atoms with Crippen LogP contribution in [0.25, 0.3) is 10.9 Å². The van der Waals surface area contributed by atoms with Crippen LogP contribution in [-0.2, 0) is 6.42 Å². The number of carbonyl (C=O) groups is 1. The molecule has 29 heavy (non-hydrogen) atoms. The molecule has 146 valence electrons. The van der Waals surface area contributed by atoms with Crippen molar-refractivity contribution in [2.45, 2.75) is 19.8 Å². The van der Waals surface area contributed by atoms with Gasteiger partial charge in [-0.25, -0.2) is 15.1 Å². The summed E-state index contributed by atoms with van der Waals surface area (Å²) in [5.74, 6) is 0.150. The Morgan fingerprint density at radius 2 is 2.03 bits per heavy atom. The van der Waals surface area contributed by atoms with Gasteiger partial charge in [-0.3, -0.25) is 4.79 Å². The molecule has 0 aliphatic heterocycles. The van der Waals surface area contributed by atoms with Crippen LogP contribution in [0.3, 0.4) is 0 Å². The number of rotatable bonds is 4. The lowest BCUT2D eigenvalue weighted by Gasteiger charge is -2.16. The first-order valence-corrected chi connectivity index (χ1v) is 9.44. The molecule has 0 fully saturated rings. The minimum atomic E-state index is -0.494. The van der Waals surface area contributed by atoms with E-state index in [-0.39, 0.29) is 11.3 Å². The number of carbonyl (C=O) groups excluding carboxylic acids is 1. The molecule has 1 amide bonds. The summed E-state index contributed by atoms with van der Waals surface area (Å²) in [7, 11) is 0. The van der Waals surface area contributed by atoms with Crippen molar-refractivity contribution in [3.8, 4) is 11.6 Å². The fourth-order valence-electron chi connectivity index (χ4n) is 3.30. The van der Waals surface area contributed by atoms with Crippen LogP contribution in [0.15, 0.2) is 59.3 Å². The molecule has 1 aliphatic carbocycles. The maximum absolute atomic E-state index is 12.1. The zero-order valence-corrected chi connectivity index (χ0v) is 16.4. The van der Waals surface area contributed by atoms with E-state index in [2.05, 4.69) is 20.6 Å². The van der Waals surface area contributed by atoms with Crippen molar-refractivity contribution < 1.29 is 9.90 Å². The summed E-state index contributed by atoms with van der Waals surface area (Å²) in [6.07, 6.45) is 4.64. The highest BCUT2D eigenvalue weighted by Gasteiger charge is 2.25. The molecule has 2 heterocycles. The zero-order chi connectivity index (χ0) is 20.4. The Kier molecular flexibility index (Phi) is 5.14. The van der Waals surface area contributed by atoms with Gasteiger partial charge in [-0.2, -0.15) is 10.2 Å². The molecule has 1 aliphatic rings. The third kappa shape index (κ3) is 3.64. The number of hydrogen-bond donors (Lipinski definition) is 2. The normalized spacial score (nSPS) is 13.6. The Morgan fingerprint density at radius 3 is 2.79 bits per heavy atom. The van der Waals surface area contributed by atoms with E-state index in [1.54, 1.807) is 24.5 Å². The van der Waals surface area contributed by atoms with Crippen LogP contribution in [0, 0.1) is 6.92 Å². The Balaban J connectivity index is 1.58. The average Bonchev–Trinajstić information content (AvgIpc) is 3.08. The third-order valence-corrected chi connectivity index (χ3v) is 5.12. The highest BCUT2D eigenvalue weighted by Crippen LogP contribution is 2.36. The Labute approximate surface area is 172 Å². The lowest BCUT2D eigenvalue weighted by atomic mass is 9.96. The van der Waals surface area contributed by atoms with Crippen molar-refractivity contribution in [1.82, 2.24) is 20.2 Å². The molecule has 1 aromatic carbocycles. The number of benzene rings is 1. The number of para-hydroxylation sites is 1. The van der Waals surface area contributed by atoms with Gasteiger partial charge in [-0.1, -0.05) is 29.8 Å². The molecular formula is C21H18ClN5O2. The molecule has 0 bridgehead atoms. The van der Waals surface area contributed by atoms with Crippen molar-refractivity contribution in [1.29, 1.82) is 0 Å². The number of phenolic OH excluding ortho intramolecular Hbond substituents is 1. The van der Waals surface area contributed by atoms with E-state index in [9.17, 15) is 9.90 Å². The number of aryl methyl sites for hydroxylation is 1. The topological polar surface area (TPSA) is 92.4 Å². The van der Waals surface area contributed by atoms with Crippen LogP contribution in [0.1, 0.15) is 33.7 Å². The van der Waals surface area contributed by atoms with Crippen LogP contribution in [0.2, 0.25) is 0 Å². The van der Waals surface area contributed by atoms with E-state index >= 15 is 0 Å². The summed E-state index contributed by atoms with van der Waals surface area (Å²) >= 11 is 6.64. The number of halogens is 1. The summed E-state index contributed by atoms with van der Waals surface area (Å²) in [6.45, 7) is 1.90. The molecule has 2 aromatic heterocycles. The molecule has 0 atom stereocenters. The number of fused-ring (bicyclic) bond motifs is 1. The summed E-state index contributed by atoms with van der Waals surface area (Å²) in [5, 5.41) is 18.9. The predicted molar refractivity (Wildman–Crippen MR) is 111 cm³/mol.